The molecule has 0 spiro atoms. The van der Waals surface area contributed by atoms with E-state index in [1.54, 1.807) is 0 Å². The van der Waals surface area contributed by atoms with Crippen LogP contribution in [0.5, 0.6) is 0 Å². The van der Waals surface area contributed by atoms with E-state index in [0.29, 0.717) is 5.41 Å². The standard InChI is InChI=1S/C20H29BrN2O2/c1-19(2,3)25-18(24)23-13-11-22(12-14-23)15-20(9-4-10-20)16-5-7-17(21)8-6-16/h5-8H,4,9-15H2,1-3H3. The first-order valence-electron chi connectivity index (χ1n) is 9.24. The van der Waals surface area contributed by atoms with Gasteiger partial charge in [-0.3, -0.25) is 4.90 Å². The number of amides is 1. The smallest absolute Gasteiger partial charge is 0.410 e. The van der Waals surface area contributed by atoms with Gasteiger partial charge in [-0.1, -0.05) is 34.5 Å². The van der Waals surface area contributed by atoms with Gasteiger partial charge in [0.2, 0.25) is 0 Å². The monoisotopic (exact) mass is 408 g/mol. The van der Waals surface area contributed by atoms with Crippen molar-refractivity contribution in [2.75, 3.05) is 32.7 Å². The molecule has 5 heteroatoms. The maximum atomic E-state index is 12.2. The summed E-state index contributed by atoms with van der Waals surface area (Å²) in [5, 5.41) is 0. The highest BCUT2D eigenvalue weighted by Crippen LogP contribution is 2.44. The predicted molar refractivity (Wildman–Crippen MR) is 104 cm³/mol. The zero-order valence-corrected chi connectivity index (χ0v) is 17.1. The lowest BCUT2D eigenvalue weighted by Gasteiger charge is -2.47. The Labute approximate surface area is 159 Å². The van der Waals surface area contributed by atoms with Crippen LogP contribution >= 0.6 is 15.9 Å². The maximum absolute atomic E-state index is 12.2. The molecule has 25 heavy (non-hydrogen) atoms. The highest BCUT2D eigenvalue weighted by atomic mass is 79.9. The maximum Gasteiger partial charge on any atom is 0.410 e. The Bertz CT molecular complexity index is 597. The molecule has 0 bridgehead atoms. The van der Waals surface area contributed by atoms with Crippen LogP contribution in [-0.2, 0) is 10.2 Å². The van der Waals surface area contributed by atoms with Gasteiger partial charge in [-0.25, -0.2) is 4.79 Å². The van der Waals surface area contributed by atoms with Gasteiger partial charge in [0, 0.05) is 42.6 Å². The van der Waals surface area contributed by atoms with E-state index in [4.69, 9.17) is 4.74 Å². The van der Waals surface area contributed by atoms with Crippen LogP contribution in [0.1, 0.15) is 45.6 Å². The molecule has 1 aliphatic heterocycles. The van der Waals surface area contributed by atoms with E-state index in [1.165, 1.54) is 24.8 Å². The third-order valence-corrected chi connectivity index (χ3v) is 5.85. The molecule has 138 valence electrons. The second kappa shape index (κ2) is 7.28. The van der Waals surface area contributed by atoms with E-state index in [9.17, 15) is 4.79 Å². The zero-order valence-electron chi connectivity index (χ0n) is 15.6. The molecule has 0 N–H and O–H groups in total. The third-order valence-electron chi connectivity index (χ3n) is 5.32. The topological polar surface area (TPSA) is 32.8 Å². The van der Waals surface area contributed by atoms with Gasteiger partial charge in [-0.05, 0) is 51.3 Å². The van der Waals surface area contributed by atoms with Crippen molar-refractivity contribution in [2.45, 2.75) is 51.0 Å². The summed E-state index contributed by atoms with van der Waals surface area (Å²) in [5.41, 5.74) is 1.33. The van der Waals surface area contributed by atoms with E-state index < -0.39 is 5.60 Å². The Morgan fingerprint density at radius 1 is 1.12 bits per heavy atom. The molecule has 1 aromatic rings. The van der Waals surface area contributed by atoms with Crippen LogP contribution in [-0.4, -0.2) is 54.2 Å². The SMILES string of the molecule is CC(C)(C)OC(=O)N1CCN(CC2(c3ccc(Br)cc3)CCC2)CC1. The summed E-state index contributed by atoms with van der Waals surface area (Å²) in [6.45, 7) is 10.2. The molecule has 3 rings (SSSR count). The summed E-state index contributed by atoms with van der Waals surface area (Å²) >= 11 is 3.53. The Morgan fingerprint density at radius 3 is 2.20 bits per heavy atom. The summed E-state index contributed by atoms with van der Waals surface area (Å²) in [6, 6.07) is 8.83. The molecule has 4 nitrogen and oxygen atoms in total. The lowest BCUT2D eigenvalue weighted by atomic mass is 9.64. The van der Waals surface area contributed by atoms with Crippen molar-refractivity contribution in [3.05, 3.63) is 34.3 Å². The number of nitrogens with zero attached hydrogens (tertiary/aromatic N) is 2. The Morgan fingerprint density at radius 2 is 1.72 bits per heavy atom. The number of carbonyl (C=O) groups is 1. The minimum Gasteiger partial charge on any atom is -0.444 e. The average molecular weight is 409 g/mol. The molecular weight excluding hydrogens is 380 g/mol. The summed E-state index contributed by atoms with van der Waals surface area (Å²) in [5.74, 6) is 0. The lowest BCUT2D eigenvalue weighted by molar-refractivity contribution is 0.0105. The van der Waals surface area contributed by atoms with Crippen LogP contribution in [0, 0.1) is 0 Å². The summed E-state index contributed by atoms with van der Waals surface area (Å²) in [6.07, 6.45) is 3.66. The molecule has 1 saturated heterocycles. The molecular formula is C20H29BrN2O2. The molecule has 1 aliphatic carbocycles. The van der Waals surface area contributed by atoms with Crippen molar-refractivity contribution in [3.63, 3.8) is 0 Å². The van der Waals surface area contributed by atoms with E-state index in [0.717, 1.165) is 37.2 Å². The van der Waals surface area contributed by atoms with Gasteiger partial charge >= 0.3 is 6.09 Å². The number of halogens is 1. The number of piperazine rings is 1. The van der Waals surface area contributed by atoms with Crippen LogP contribution in [0.25, 0.3) is 0 Å². The van der Waals surface area contributed by atoms with Crippen molar-refractivity contribution in [1.29, 1.82) is 0 Å². The highest BCUT2D eigenvalue weighted by Gasteiger charge is 2.40. The molecule has 0 atom stereocenters. The second-order valence-corrected chi connectivity index (χ2v) is 9.30. The van der Waals surface area contributed by atoms with Crippen molar-refractivity contribution in [2.24, 2.45) is 0 Å². The predicted octanol–water partition coefficient (Wildman–Crippen LogP) is 4.42. The highest BCUT2D eigenvalue weighted by molar-refractivity contribution is 9.10. The lowest BCUT2D eigenvalue weighted by Crippen LogP contribution is -2.54. The fourth-order valence-corrected chi connectivity index (χ4v) is 4.05. The van der Waals surface area contributed by atoms with Crippen molar-refractivity contribution in [1.82, 2.24) is 9.80 Å². The molecule has 2 fully saturated rings. The van der Waals surface area contributed by atoms with Crippen molar-refractivity contribution >= 4 is 22.0 Å². The van der Waals surface area contributed by atoms with Gasteiger partial charge in [0.15, 0.2) is 0 Å². The van der Waals surface area contributed by atoms with Crippen LogP contribution in [0.4, 0.5) is 4.79 Å². The largest absolute Gasteiger partial charge is 0.444 e. The Kier molecular flexibility index (Phi) is 5.45. The third kappa shape index (κ3) is 4.56. The summed E-state index contributed by atoms with van der Waals surface area (Å²) in [4.78, 5) is 16.6. The average Bonchev–Trinajstić information content (AvgIpc) is 2.51. The van der Waals surface area contributed by atoms with Gasteiger partial charge in [0.05, 0.1) is 0 Å². The van der Waals surface area contributed by atoms with Gasteiger partial charge in [0.25, 0.3) is 0 Å². The zero-order chi connectivity index (χ0) is 18.1. The number of ether oxygens (including phenoxy) is 1. The second-order valence-electron chi connectivity index (χ2n) is 8.38. The number of hydrogen-bond acceptors (Lipinski definition) is 3. The fourth-order valence-electron chi connectivity index (χ4n) is 3.79. The molecule has 0 radical (unpaired) electrons. The van der Waals surface area contributed by atoms with Gasteiger partial charge < -0.3 is 9.64 Å². The molecule has 2 aliphatic rings. The first kappa shape index (κ1) is 18.7. The fraction of sp³-hybridized carbons (Fsp3) is 0.650. The molecule has 1 heterocycles. The van der Waals surface area contributed by atoms with E-state index in [2.05, 4.69) is 45.1 Å². The van der Waals surface area contributed by atoms with Crippen molar-refractivity contribution in [3.8, 4) is 0 Å². The molecule has 0 aromatic heterocycles. The molecule has 1 aromatic carbocycles. The first-order chi connectivity index (χ1) is 11.8. The molecule has 1 saturated carbocycles. The molecule has 0 unspecified atom stereocenters. The normalized spacial score (nSPS) is 20.9. The number of carbonyl (C=O) groups excluding carboxylic acids is 1. The van der Waals surface area contributed by atoms with Gasteiger partial charge in [-0.15, -0.1) is 0 Å². The summed E-state index contributed by atoms with van der Waals surface area (Å²) in [7, 11) is 0. The number of rotatable bonds is 3. The van der Waals surface area contributed by atoms with Crippen LogP contribution in [0.3, 0.4) is 0 Å². The minimum absolute atomic E-state index is 0.182. The quantitative estimate of drug-likeness (QED) is 0.741. The van der Waals surface area contributed by atoms with Crippen LogP contribution < -0.4 is 0 Å². The van der Waals surface area contributed by atoms with E-state index in [-0.39, 0.29) is 6.09 Å². The van der Waals surface area contributed by atoms with Gasteiger partial charge in [0.1, 0.15) is 5.60 Å². The minimum atomic E-state index is -0.425. The van der Waals surface area contributed by atoms with E-state index in [1.807, 2.05) is 25.7 Å². The molecule has 1 amide bonds. The Hall–Kier alpha value is -1.07. The van der Waals surface area contributed by atoms with E-state index >= 15 is 0 Å². The van der Waals surface area contributed by atoms with Gasteiger partial charge in [-0.2, -0.15) is 0 Å². The van der Waals surface area contributed by atoms with Crippen LogP contribution in [0.15, 0.2) is 28.7 Å². The number of hydrogen-bond donors (Lipinski definition) is 0. The Balaban J connectivity index is 1.56. The number of benzene rings is 1. The van der Waals surface area contributed by atoms with Crippen molar-refractivity contribution < 1.29 is 9.53 Å². The van der Waals surface area contributed by atoms with Crippen LogP contribution in [0.2, 0.25) is 0 Å². The first-order valence-corrected chi connectivity index (χ1v) is 10.0. The summed E-state index contributed by atoms with van der Waals surface area (Å²) < 4.78 is 6.63.